The van der Waals surface area contributed by atoms with Gasteiger partial charge in [0.2, 0.25) is 5.85 Å². The van der Waals surface area contributed by atoms with Gasteiger partial charge in [0.25, 0.3) is 5.56 Å². The fraction of sp³-hybridized carbons (Fsp3) is 0.643. The van der Waals surface area contributed by atoms with Gasteiger partial charge in [0.05, 0.1) is 0 Å². The molecule has 1 fully saturated rings. The summed E-state index contributed by atoms with van der Waals surface area (Å²) in [6.45, 7) is 2.66. The van der Waals surface area contributed by atoms with E-state index in [2.05, 4.69) is 0 Å². The first kappa shape index (κ1) is 18.3. The standard InChI is InChI=1S/C14H20FN3O6/c1-7(2)10(16)12(21)23-6-14(15)5-8(19)11(24-14)18-4-3-9(20)17-13(18)22/h3-4,7-8,10-11,19H,5-6,16H2,1-2H3,(H,17,20,22)/t8-,10+,11-,14+/m1/s1. The van der Waals surface area contributed by atoms with Gasteiger partial charge in [0.15, 0.2) is 12.8 Å². The van der Waals surface area contributed by atoms with E-state index in [0.717, 1.165) is 16.8 Å². The van der Waals surface area contributed by atoms with E-state index in [0.29, 0.717) is 0 Å². The van der Waals surface area contributed by atoms with Crippen molar-refractivity contribution in [2.75, 3.05) is 6.61 Å². The number of alkyl halides is 1. The van der Waals surface area contributed by atoms with E-state index >= 15 is 0 Å². The van der Waals surface area contributed by atoms with Gasteiger partial charge in [-0.1, -0.05) is 13.8 Å². The van der Waals surface area contributed by atoms with Gasteiger partial charge in [0, 0.05) is 18.7 Å². The van der Waals surface area contributed by atoms with Crippen LogP contribution in [0.15, 0.2) is 21.9 Å². The van der Waals surface area contributed by atoms with Crippen molar-refractivity contribution in [3.63, 3.8) is 0 Å². The molecule has 0 bridgehead atoms. The van der Waals surface area contributed by atoms with Crippen molar-refractivity contribution in [3.05, 3.63) is 33.1 Å². The molecule has 9 nitrogen and oxygen atoms in total. The number of nitrogens with one attached hydrogen (secondary N) is 1. The van der Waals surface area contributed by atoms with Crippen LogP contribution in [0, 0.1) is 5.92 Å². The fourth-order valence-electron chi connectivity index (χ4n) is 2.27. The lowest BCUT2D eigenvalue weighted by atomic mass is 10.1. The van der Waals surface area contributed by atoms with Crippen molar-refractivity contribution >= 4 is 5.97 Å². The van der Waals surface area contributed by atoms with Crippen LogP contribution in [0.3, 0.4) is 0 Å². The zero-order valence-corrected chi connectivity index (χ0v) is 13.3. The molecule has 2 rings (SSSR count). The number of carbonyl (C=O) groups is 1. The summed E-state index contributed by atoms with van der Waals surface area (Å²) >= 11 is 0. The van der Waals surface area contributed by atoms with Crippen molar-refractivity contribution in [1.29, 1.82) is 0 Å². The van der Waals surface area contributed by atoms with E-state index in [1.807, 2.05) is 4.98 Å². The minimum Gasteiger partial charge on any atom is -0.458 e. The number of aromatic nitrogens is 2. The van der Waals surface area contributed by atoms with Crippen molar-refractivity contribution in [3.8, 4) is 0 Å². The monoisotopic (exact) mass is 345 g/mol. The van der Waals surface area contributed by atoms with Gasteiger partial charge in [-0.05, 0) is 5.92 Å². The summed E-state index contributed by atoms with van der Waals surface area (Å²) in [5.74, 6) is -3.44. The number of H-pyrrole nitrogens is 1. The van der Waals surface area contributed by atoms with Gasteiger partial charge in [-0.3, -0.25) is 19.1 Å². The lowest BCUT2D eigenvalue weighted by Crippen LogP contribution is -2.40. The Morgan fingerprint density at radius 1 is 1.62 bits per heavy atom. The highest BCUT2D eigenvalue weighted by Crippen LogP contribution is 2.37. The molecule has 2 heterocycles. The third-order valence-corrected chi connectivity index (χ3v) is 3.72. The Kier molecular flexibility index (Phi) is 5.21. The second-order valence-electron chi connectivity index (χ2n) is 6.06. The molecule has 0 aromatic carbocycles. The second kappa shape index (κ2) is 6.83. The van der Waals surface area contributed by atoms with Crippen LogP contribution in [0.2, 0.25) is 0 Å². The van der Waals surface area contributed by atoms with Gasteiger partial charge in [-0.25, -0.2) is 9.18 Å². The van der Waals surface area contributed by atoms with E-state index < -0.39 is 54.5 Å². The summed E-state index contributed by atoms with van der Waals surface area (Å²) in [7, 11) is 0. The zero-order chi connectivity index (χ0) is 18.1. The van der Waals surface area contributed by atoms with Gasteiger partial charge < -0.3 is 20.3 Å². The van der Waals surface area contributed by atoms with E-state index in [9.17, 15) is 23.9 Å². The Bertz CT molecular complexity index is 717. The number of nitrogens with zero attached hydrogens (tertiary/aromatic N) is 1. The van der Waals surface area contributed by atoms with E-state index in [1.54, 1.807) is 13.8 Å². The highest BCUT2D eigenvalue weighted by molar-refractivity contribution is 5.75. The molecular formula is C14H20FN3O6. The number of hydrogen-bond acceptors (Lipinski definition) is 7. The number of ether oxygens (including phenoxy) is 2. The molecule has 24 heavy (non-hydrogen) atoms. The normalized spacial score (nSPS) is 28.1. The maximum Gasteiger partial charge on any atom is 0.330 e. The molecule has 1 aromatic heterocycles. The van der Waals surface area contributed by atoms with Gasteiger partial charge in [0.1, 0.15) is 12.1 Å². The molecule has 1 aromatic rings. The maximum absolute atomic E-state index is 14.6. The summed E-state index contributed by atoms with van der Waals surface area (Å²) in [6.07, 6.45) is -2.14. The summed E-state index contributed by atoms with van der Waals surface area (Å²) in [5, 5.41) is 9.95. The molecule has 4 N–H and O–H groups in total. The summed E-state index contributed by atoms with van der Waals surface area (Å²) in [6, 6.07) is 0.134. The van der Waals surface area contributed by atoms with Crippen molar-refractivity contribution in [2.45, 2.75) is 44.5 Å². The number of carbonyl (C=O) groups excluding carboxylic acids is 1. The Morgan fingerprint density at radius 3 is 2.88 bits per heavy atom. The molecule has 1 aliphatic rings. The smallest absolute Gasteiger partial charge is 0.330 e. The highest BCUT2D eigenvalue weighted by atomic mass is 19.2. The fourth-order valence-corrected chi connectivity index (χ4v) is 2.27. The minimum atomic E-state index is -2.47. The molecule has 0 unspecified atom stereocenters. The van der Waals surface area contributed by atoms with Crippen LogP contribution < -0.4 is 17.0 Å². The van der Waals surface area contributed by atoms with Crippen molar-refractivity contribution < 1.29 is 23.8 Å². The summed E-state index contributed by atoms with van der Waals surface area (Å²) < 4.78 is 25.4. The number of aliphatic hydroxyl groups excluding tert-OH is 1. The Balaban J connectivity index is 2.07. The average molecular weight is 345 g/mol. The lowest BCUT2D eigenvalue weighted by molar-refractivity contribution is -0.196. The van der Waals surface area contributed by atoms with Crippen LogP contribution >= 0.6 is 0 Å². The molecule has 0 radical (unpaired) electrons. The van der Waals surface area contributed by atoms with Crippen LogP contribution in [-0.4, -0.2) is 45.2 Å². The highest BCUT2D eigenvalue weighted by Gasteiger charge is 2.49. The number of nitrogens with two attached hydrogens (primary N) is 1. The molecule has 0 spiro atoms. The SMILES string of the molecule is CC(C)[C@H](N)C(=O)OC[C@]1(F)C[C@@H](O)[C@H](n2ccc(=O)[nH]c2=O)O1. The Hall–Kier alpha value is -2.04. The molecule has 0 amide bonds. The third kappa shape index (κ3) is 3.89. The molecule has 0 aliphatic carbocycles. The number of aromatic amines is 1. The van der Waals surface area contributed by atoms with Crippen molar-refractivity contribution in [1.82, 2.24) is 9.55 Å². The maximum atomic E-state index is 14.6. The van der Waals surface area contributed by atoms with Crippen molar-refractivity contribution in [2.24, 2.45) is 11.7 Å². The van der Waals surface area contributed by atoms with Crippen LogP contribution in [0.4, 0.5) is 4.39 Å². The first-order valence-electron chi connectivity index (χ1n) is 7.41. The predicted octanol–water partition coefficient (Wildman–Crippen LogP) is -0.991. The van der Waals surface area contributed by atoms with E-state index in [1.165, 1.54) is 0 Å². The van der Waals surface area contributed by atoms with E-state index in [4.69, 9.17) is 15.2 Å². The van der Waals surface area contributed by atoms with Crippen LogP contribution in [0.5, 0.6) is 0 Å². The Morgan fingerprint density at radius 2 is 2.29 bits per heavy atom. The molecule has 1 saturated heterocycles. The first-order chi connectivity index (χ1) is 11.1. The average Bonchev–Trinajstić information content (AvgIpc) is 2.79. The van der Waals surface area contributed by atoms with Crippen LogP contribution in [0.1, 0.15) is 26.5 Å². The second-order valence-corrected chi connectivity index (χ2v) is 6.06. The number of aliphatic hydroxyl groups is 1. The molecule has 0 saturated carbocycles. The van der Waals surface area contributed by atoms with E-state index in [-0.39, 0.29) is 5.92 Å². The minimum absolute atomic E-state index is 0.185. The summed E-state index contributed by atoms with van der Waals surface area (Å²) in [4.78, 5) is 36.4. The number of esters is 1. The summed E-state index contributed by atoms with van der Waals surface area (Å²) in [5.41, 5.74) is 4.12. The quantitative estimate of drug-likeness (QED) is 0.583. The van der Waals surface area contributed by atoms with Crippen LogP contribution in [-0.2, 0) is 14.3 Å². The number of halogens is 1. The molecule has 10 heteroatoms. The van der Waals surface area contributed by atoms with Crippen LogP contribution in [0.25, 0.3) is 0 Å². The zero-order valence-electron chi connectivity index (χ0n) is 13.3. The molecule has 1 aliphatic heterocycles. The molecular weight excluding hydrogens is 325 g/mol. The predicted molar refractivity (Wildman–Crippen MR) is 79.7 cm³/mol. The topological polar surface area (TPSA) is 137 Å². The largest absolute Gasteiger partial charge is 0.458 e. The molecule has 134 valence electrons. The third-order valence-electron chi connectivity index (χ3n) is 3.72. The van der Waals surface area contributed by atoms with Gasteiger partial charge in [-0.15, -0.1) is 0 Å². The molecule has 4 atom stereocenters. The Labute approximate surface area is 136 Å². The van der Waals surface area contributed by atoms with Gasteiger partial charge in [-0.2, -0.15) is 0 Å². The number of rotatable bonds is 5. The lowest BCUT2D eigenvalue weighted by Gasteiger charge is -2.22. The number of hydrogen-bond donors (Lipinski definition) is 3. The first-order valence-corrected chi connectivity index (χ1v) is 7.41. The van der Waals surface area contributed by atoms with Gasteiger partial charge >= 0.3 is 11.7 Å².